The van der Waals surface area contributed by atoms with Gasteiger partial charge in [-0.3, -0.25) is 9.59 Å². The molecule has 0 aliphatic carbocycles. The molecule has 4 aromatic rings. The predicted octanol–water partition coefficient (Wildman–Crippen LogP) is 4.82. The minimum Gasteiger partial charge on any atom is -0.321 e. The molecule has 1 aromatic heterocycles. The number of benzene rings is 3. The van der Waals surface area contributed by atoms with E-state index in [-0.39, 0.29) is 23.6 Å². The van der Waals surface area contributed by atoms with Gasteiger partial charge in [0, 0.05) is 16.0 Å². The molecule has 138 valence electrons. The third kappa shape index (κ3) is 3.52. The first-order chi connectivity index (χ1) is 13.7. The third-order valence-electron chi connectivity index (χ3n) is 4.25. The van der Waals surface area contributed by atoms with Crippen LogP contribution in [0.25, 0.3) is 22.3 Å². The SMILES string of the molecule is O=C(Nc1ccccc1-c1nc2ccccc2c(=O)[nH]1)c1ccc(SF)cc1. The van der Waals surface area contributed by atoms with E-state index in [1.807, 2.05) is 6.07 Å². The fraction of sp³-hybridized carbons (Fsp3) is 0. The number of carbonyl (C=O) groups excluding carboxylic acids is 1. The van der Waals surface area contributed by atoms with Crippen molar-refractivity contribution in [1.82, 2.24) is 9.97 Å². The second kappa shape index (κ2) is 7.66. The van der Waals surface area contributed by atoms with Crippen molar-refractivity contribution in [2.45, 2.75) is 4.90 Å². The van der Waals surface area contributed by atoms with E-state index in [1.165, 1.54) is 12.1 Å². The number of fused-ring (bicyclic) bond motifs is 1. The summed E-state index contributed by atoms with van der Waals surface area (Å²) >= 11 is 0.121. The summed E-state index contributed by atoms with van der Waals surface area (Å²) in [5.41, 5.74) is 1.82. The maximum absolute atomic E-state index is 12.6. The first kappa shape index (κ1) is 17.9. The van der Waals surface area contributed by atoms with E-state index < -0.39 is 0 Å². The van der Waals surface area contributed by atoms with Crippen LogP contribution in [0.2, 0.25) is 0 Å². The summed E-state index contributed by atoms with van der Waals surface area (Å²) in [5, 5.41) is 3.33. The van der Waals surface area contributed by atoms with Crippen LogP contribution in [0.1, 0.15) is 10.4 Å². The molecule has 4 rings (SSSR count). The highest BCUT2D eigenvalue weighted by molar-refractivity contribution is 7.94. The Kier molecular flexibility index (Phi) is 4.90. The highest BCUT2D eigenvalue weighted by atomic mass is 32.2. The molecular weight excluding hydrogens is 377 g/mol. The largest absolute Gasteiger partial charge is 0.321 e. The molecule has 0 aliphatic heterocycles. The van der Waals surface area contributed by atoms with E-state index in [4.69, 9.17) is 0 Å². The van der Waals surface area contributed by atoms with Crippen molar-refractivity contribution in [2.75, 3.05) is 5.32 Å². The number of nitrogens with one attached hydrogen (secondary N) is 2. The number of aromatic nitrogens is 2. The molecule has 0 radical (unpaired) electrons. The molecule has 0 bridgehead atoms. The van der Waals surface area contributed by atoms with Crippen LogP contribution >= 0.6 is 12.1 Å². The van der Waals surface area contributed by atoms with Crippen LogP contribution in [0.3, 0.4) is 0 Å². The Balaban J connectivity index is 1.71. The van der Waals surface area contributed by atoms with E-state index in [1.54, 1.807) is 54.6 Å². The maximum Gasteiger partial charge on any atom is 0.259 e. The van der Waals surface area contributed by atoms with Gasteiger partial charge >= 0.3 is 0 Å². The van der Waals surface area contributed by atoms with Gasteiger partial charge in [-0.05, 0) is 48.5 Å². The number of nitrogens with zero attached hydrogens (tertiary/aromatic N) is 1. The molecule has 0 spiro atoms. The lowest BCUT2D eigenvalue weighted by molar-refractivity contribution is 0.102. The van der Waals surface area contributed by atoms with E-state index in [0.29, 0.717) is 38.4 Å². The summed E-state index contributed by atoms with van der Waals surface area (Å²) < 4.78 is 12.6. The van der Waals surface area contributed by atoms with E-state index in [0.717, 1.165) is 0 Å². The fourth-order valence-corrected chi connectivity index (χ4v) is 3.10. The second-order valence-electron chi connectivity index (χ2n) is 6.03. The molecule has 1 heterocycles. The average molecular weight is 391 g/mol. The molecule has 1 amide bonds. The van der Waals surface area contributed by atoms with Crippen molar-refractivity contribution in [3.05, 3.63) is 88.7 Å². The third-order valence-corrected chi connectivity index (χ3v) is 4.70. The highest BCUT2D eigenvalue weighted by Gasteiger charge is 2.13. The summed E-state index contributed by atoms with van der Waals surface area (Å²) in [6, 6.07) is 20.3. The molecular formula is C21H14FN3O2S. The van der Waals surface area contributed by atoms with Crippen molar-refractivity contribution >= 4 is 34.6 Å². The van der Waals surface area contributed by atoms with Gasteiger partial charge in [0.25, 0.3) is 11.5 Å². The molecule has 2 N–H and O–H groups in total. The zero-order valence-electron chi connectivity index (χ0n) is 14.5. The van der Waals surface area contributed by atoms with E-state index in [9.17, 15) is 13.5 Å². The maximum atomic E-state index is 12.6. The zero-order chi connectivity index (χ0) is 19.5. The van der Waals surface area contributed by atoms with Crippen molar-refractivity contribution in [1.29, 1.82) is 0 Å². The van der Waals surface area contributed by atoms with Crippen molar-refractivity contribution in [2.24, 2.45) is 0 Å². The van der Waals surface area contributed by atoms with Crippen LogP contribution in [0.4, 0.5) is 9.57 Å². The Morgan fingerprint density at radius 1 is 0.964 bits per heavy atom. The van der Waals surface area contributed by atoms with Crippen LogP contribution in [-0.4, -0.2) is 15.9 Å². The minimum atomic E-state index is -0.342. The van der Waals surface area contributed by atoms with E-state index >= 15 is 0 Å². The minimum absolute atomic E-state index is 0.121. The van der Waals surface area contributed by atoms with Crippen LogP contribution in [0.15, 0.2) is 82.5 Å². The van der Waals surface area contributed by atoms with Gasteiger partial charge < -0.3 is 10.3 Å². The van der Waals surface area contributed by atoms with Gasteiger partial charge in [-0.15, -0.1) is 0 Å². The van der Waals surface area contributed by atoms with Crippen LogP contribution in [-0.2, 0) is 0 Å². The van der Waals surface area contributed by atoms with Crippen molar-refractivity contribution in [3.63, 3.8) is 0 Å². The average Bonchev–Trinajstić information content (AvgIpc) is 2.74. The summed E-state index contributed by atoms with van der Waals surface area (Å²) in [4.78, 5) is 32.7. The smallest absolute Gasteiger partial charge is 0.259 e. The number of hydrogen-bond acceptors (Lipinski definition) is 4. The lowest BCUT2D eigenvalue weighted by atomic mass is 10.1. The normalized spacial score (nSPS) is 10.8. The quantitative estimate of drug-likeness (QED) is 0.523. The number of amides is 1. The molecule has 5 nitrogen and oxygen atoms in total. The summed E-state index contributed by atoms with van der Waals surface area (Å²) in [5.74, 6) is 0.0229. The van der Waals surface area contributed by atoms with Crippen LogP contribution in [0, 0.1) is 0 Å². The fourth-order valence-electron chi connectivity index (χ4n) is 2.86. The molecule has 0 aliphatic rings. The first-order valence-corrected chi connectivity index (χ1v) is 9.16. The molecule has 0 saturated carbocycles. The number of H-pyrrole nitrogens is 1. The number of aromatic amines is 1. The van der Waals surface area contributed by atoms with Crippen molar-refractivity contribution < 1.29 is 8.68 Å². The number of para-hydroxylation sites is 2. The number of rotatable bonds is 4. The topological polar surface area (TPSA) is 74.8 Å². The summed E-state index contributed by atoms with van der Waals surface area (Å²) in [6.07, 6.45) is 0. The molecule has 7 heteroatoms. The second-order valence-corrected chi connectivity index (χ2v) is 6.66. The standard InChI is InChI=1S/C21H14FN3O2S/c22-28-14-11-9-13(10-12-14)20(26)24-17-7-3-1-5-15(17)19-23-18-8-4-2-6-16(18)21(27)25-19/h1-12H,(H,24,26)(H,23,25,27). The van der Waals surface area contributed by atoms with Gasteiger partial charge in [-0.25, -0.2) is 4.98 Å². The van der Waals surface area contributed by atoms with Gasteiger partial charge in [0.1, 0.15) is 5.82 Å². The molecule has 0 fully saturated rings. The Hall–Kier alpha value is -3.45. The van der Waals surface area contributed by atoms with Gasteiger partial charge in [-0.1, -0.05) is 24.3 Å². The Labute approximate surface area is 163 Å². The molecule has 0 atom stereocenters. The van der Waals surface area contributed by atoms with Gasteiger partial charge in [-0.2, -0.15) is 3.89 Å². The van der Waals surface area contributed by atoms with E-state index in [2.05, 4.69) is 15.3 Å². The number of hydrogen-bond donors (Lipinski definition) is 2. The molecule has 28 heavy (non-hydrogen) atoms. The zero-order valence-corrected chi connectivity index (χ0v) is 15.3. The Morgan fingerprint density at radius 2 is 1.68 bits per heavy atom. The Morgan fingerprint density at radius 3 is 2.46 bits per heavy atom. The molecule has 0 saturated heterocycles. The predicted molar refractivity (Wildman–Crippen MR) is 109 cm³/mol. The van der Waals surface area contributed by atoms with Gasteiger partial charge in [0.2, 0.25) is 0 Å². The monoisotopic (exact) mass is 391 g/mol. The first-order valence-electron chi connectivity index (χ1n) is 8.44. The number of carbonyl (C=O) groups is 1. The number of anilines is 1. The van der Waals surface area contributed by atoms with Crippen LogP contribution in [0.5, 0.6) is 0 Å². The molecule has 0 unspecified atom stereocenters. The van der Waals surface area contributed by atoms with Crippen molar-refractivity contribution in [3.8, 4) is 11.4 Å². The lowest BCUT2D eigenvalue weighted by Crippen LogP contribution is -2.14. The number of halogens is 1. The summed E-state index contributed by atoms with van der Waals surface area (Å²) in [7, 11) is 0. The Bertz CT molecular complexity index is 1220. The summed E-state index contributed by atoms with van der Waals surface area (Å²) in [6.45, 7) is 0. The molecule has 3 aromatic carbocycles. The lowest BCUT2D eigenvalue weighted by Gasteiger charge is -2.11. The van der Waals surface area contributed by atoms with Gasteiger partial charge in [0.15, 0.2) is 0 Å². The van der Waals surface area contributed by atoms with Crippen LogP contribution < -0.4 is 10.9 Å². The highest BCUT2D eigenvalue weighted by Crippen LogP contribution is 2.26. The van der Waals surface area contributed by atoms with Gasteiger partial charge in [0.05, 0.1) is 28.7 Å².